The van der Waals surface area contributed by atoms with E-state index in [0.29, 0.717) is 15.6 Å². The number of alkyl halides is 7. The molecule has 0 bridgehead atoms. The molecule has 1 fully saturated rings. The third-order valence-electron chi connectivity index (χ3n) is 4.94. The molecule has 2 aromatic rings. The summed E-state index contributed by atoms with van der Waals surface area (Å²) in [5.74, 6) is -8.69. The second kappa shape index (κ2) is 9.50. The van der Waals surface area contributed by atoms with Gasteiger partial charge in [-0.15, -0.1) is 23.2 Å². The van der Waals surface area contributed by atoms with Crippen LogP contribution in [0.2, 0.25) is 15.1 Å². The molecule has 34 heavy (non-hydrogen) atoms. The van der Waals surface area contributed by atoms with E-state index in [2.05, 4.69) is 5.32 Å². The van der Waals surface area contributed by atoms with Gasteiger partial charge < -0.3 is 10.6 Å². The van der Waals surface area contributed by atoms with Crippen molar-refractivity contribution < 1.29 is 31.5 Å². The summed E-state index contributed by atoms with van der Waals surface area (Å²) in [6.45, 7) is -1.99. The van der Waals surface area contributed by atoms with Crippen LogP contribution in [0.25, 0.3) is 0 Å². The Labute approximate surface area is 214 Å². The minimum atomic E-state index is -5.84. The summed E-state index contributed by atoms with van der Waals surface area (Å²) in [7, 11) is 0. The molecule has 2 N–H and O–H groups in total. The number of carbonyl (C=O) groups is 2. The second-order valence-electron chi connectivity index (χ2n) is 7.40. The number of anilines is 1. The maximum Gasteiger partial charge on any atom is 0.455 e. The molecule has 0 heterocycles. The highest BCUT2D eigenvalue weighted by Gasteiger charge is 2.67. The Bertz CT molecular complexity index is 1120. The first-order chi connectivity index (χ1) is 15.5. The van der Waals surface area contributed by atoms with E-state index in [1.807, 2.05) is 0 Å². The minimum absolute atomic E-state index is 0.000964. The fraction of sp³-hybridized carbons (Fsp3) is 0.300. The number of nitrogens with one attached hydrogen (secondary N) is 2. The van der Waals surface area contributed by atoms with Crippen LogP contribution in [0.4, 0.5) is 27.6 Å². The Morgan fingerprint density at radius 1 is 0.941 bits per heavy atom. The predicted molar refractivity (Wildman–Crippen MR) is 121 cm³/mol. The van der Waals surface area contributed by atoms with Crippen LogP contribution in [0.5, 0.6) is 0 Å². The van der Waals surface area contributed by atoms with E-state index in [4.69, 9.17) is 58.0 Å². The molecule has 2 aromatic carbocycles. The zero-order chi connectivity index (χ0) is 25.6. The monoisotopic (exact) mass is 582 g/mol. The SMILES string of the molecule is O=C(NCC(F)(F)C(F)(F)F)c1cc(NC(=O)[C@@H]2[C@@H](c3cc(Cl)cc(Cl)c3)C2(Cl)Cl)ccc1Cl. The largest absolute Gasteiger partial charge is 0.455 e. The Morgan fingerprint density at radius 2 is 1.53 bits per heavy atom. The van der Waals surface area contributed by atoms with Gasteiger partial charge in [-0.1, -0.05) is 34.8 Å². The Morgan fingerprint density at radius 3 is 2.09 bits per heavy atom. The molecule has 1 saturated carbocycles. The third kappa shape index (κ3) is 5.65. The average Bonchev–Trinajstić information content (AvgIpc) is 3.28. The zero-order valence-electron chi connectivity index (χ0n) is 16.4. The van der Waals surface area contributed by atoms with Crippen molar-refractivity contribution >= 4 is 75.5 Å². The molecular formula is C20H12Cl5F5N2O2. The number of hydrogen-bond donors (Lipinski definition) is 2. The second-order valence-corrected chi connectivity index (χ2v) is 10.1. The van der Waals surface area contributed by atoms with Crippen molar-refractivity contribution in [3.05, 3.63) is 62.6 Å². The normalized spacial score (nSPS) is 19.5. The highest BCUT2D eigenvalue weighted by atomic mass is 35.5. The molecule has 0 radical (unpaired) electrons. The van der Waals surface area contributed by atoms with Gasteiger partial charge in [-0.2, -0.15) is 22.0 Å². The number of halogens is 10. The Balaban J connectivity index is 1.74. The standard InChI is InChI=1S/C20H12Cl5F5N2O2/c21-9-3-8(4-10(22)5-9)14-15(19(14,24)25)17(34)32-11-1-2-13(23)12(6-11)16(33)31-7-18(26,27)20(28,29)30/h1-6,14-15H,7H2,(H,31,33)(H,32,34)/t14-,15+/m1/s1. The van der Waals surface area contributed by atoms with Crippen molar-refractivity contribution in [2.24, 2.45) is 5.92 Å². The quantitative estimate of drug-likeness (QED) is 0.281. The molecule has 0 aromatic heterocycles. The fourth-order valence-electron chi connectivity index (χ4n) is 3.21. The maximum atomic E-state index is 13.1. The van der Waals surface area contributed by atoms with Crippen molar-refractivity contribution in [2.45, 2.75) is 22.4 Å². The highest BCUT2D eigenvalue weighted by molar-refractivity contribution is 6.53. The average molecular weight is 585 g/mol. The van der Waals surface area contributed by atoms with Crippen LogP contribution < -0.4 is 10.6 Å². The maximum absolute atomic E-state index is 13.1. The summed E-state index contributed by atoms with van der Waals surface area (Å²) in [4.78, 5) is 24.9. The van der Waals surface area contributed by atoms with Crippen LogP contribution >= 0.6 is 58.0 Å². The van der Waals surface area contributed by atoms with Crippen molar-refractivity contribution in [2.75, 3.05) is 11.9 Å². The molecule has 0 spiro atoms. The molecule has 4 nitrogen and oxygen atoms in total. The lowest BCUT2D eigenvalue weighted by atomic mass is 10.1. The van der Waals surface area contributed by atoms with Crippen molar-refractivity contribution in [3.63, 3.8) is 0 Å². The van der Waals surface area contributed by atoms with E-state index < -0.39 is 52.2 Å². The van der Waals surface area contributed by atoms with Crippen LogP contribution in [-0.4, -0.2) is 34.8 Å². The molecule has 0 saturated heterocycles. The summed E-state index contributed by atoms with van der Waals surface area (Å²) < 4.78 is 61.6. The van der Waals surface area contributed by atoms with Crippen molar-refractivity contribution in [3.8, 4) is 0 Å². The lowest BCUT2D eigenvalue weighted by Gasteiger charge is -2.20. The molecule has 14 heteroatoms. The van der Waals surface area contributed by atoms with E-state index in [1.165, 1.54) is 17.4 Å². The Hall–Kier alpha value is -1.52. The van der Waals surface area contributed by atoms with Gasteiger partial charge in [0.25, 0.3) is 5.91 Å². The summed E-state index contributed by atoms with van der Waals surface area (Å²) >= 11 is 30.4. The van der Waals surface area contributed by atoms with E-state index in [9.17, 15) is 31.5 Å². The van der Waals surface area contributed by atoms with Gasteiger partial charge >= 0.3 is 12.1 Å². The zero-order valence-corrected chi connectivity index (χ0v) is 20.2. The van der Waals surface area contributed by atoms with Crippen LogP contribution in [0, 0.1) is 5.92 Å². The molecule has 1 aliphatic carbocycles. The van der Waals surface area contributed by atoms with Gasteiger partial charge in [-0.25, -0.2) is 0 Å². The van der Waals surface area contributed by atoms with Crippen LogP contribution in [0.15, 0.2) is 36.4 Å². The smallest absolute Gasteiger partial charge is 0.346 e. The lowest BCUT2D eigenvalue weighted by molar-refractivity contribution is -0.278. The van der Waals surface area contributed by atoms with E-state index in [0.717, 1.165) is 12.1 Å². The topological polar surface area (TPSA) is 58.2 Å². The number of amides is 2. The molecule has 3 rings (SSSR count). The summed E-state index contributed by atoms with van der Waals surface area (Å²) in [5, 5.41) is 4.32. The summed E-state index contributed by atoms with van der Waals surface area (Å²) in [5.41, 5.74) is 0.0832. The third-order valence-corrected chi connectivity index (χ3v) is 6.65. The van der Waals surface area contributed by atoms with Crippen molar-refractivity contribution in [1.82, 2.24) is 5.32 Å². The van der Waals surface area contributed by atoms with E-state index in [1.54, 1.807) is 12.1 Å². The van der Waals surface area contributed by atoms with Gasteiger partial charge in [0.2, 0.25) is 5.91 Å². The number of carbonyl (C=O) groups excluding carboxylic acids is 2. The van der Waals surface area contributed by atoms with Gasteiger partial charge in [0.15, 0.2) is 0 Å². The summed E-state index contributed by atoms with van der Waals surface area (Å²) in [6.07, 6.45) is -5.84. The molecule has 0 aliphatic heterocycles. The molecule has 2 atom stereocenters. The Kier molecular flexibility index (Phi) is 7.57. The van der Waals surface area contributed by atoms with Crippen LogP contribution in [-0.2, 0) is 4.79 Å². The molecule has 0 unspecified atom stereocenters. The van der Waals surface area contributed by atoms with Crippen LogP contribution in [0.1, 0.15) is 21.8 Å². The molecular weight excluding hydrogens is 572 g/mol. The first kappa shape index (κ1) is 27.1. The van der Waals surface area contributed by atoms with E-state index >= 15 is 0 Å². The number of hydrogen-bond acceptors (Lipinski definition) is 2. The molecule has 184 valence electrons. The summed E-state index contributed by atoms with van der Waals surface area (Å²) in [6, 6.07) is 8.04. The number of rotatable bonds is 6. The molecule has 1 aliphatic rings. The first-order valence-corrected chi connectivity index (χ1v) is 11.1. The fourth-order valence-corrected chi connectivity index (χ4v) is 4.78. The van der Waals surface area contributed by atoms with Crippen LogP contribution in [0.3, 0.4) is 0 Å². The minimum Gasteiger partial charge on any atom is -0.346 e. The highest BCUT2D eigenvalue weighted by Crippen LogP contribution is 2.65. The van der Waals surface area contributed by atoms with Gasteiger partial charge in [0.05, 0.1) is 23.0 Å². The lowest BCUT2D eigenvalue weighted by Crippen LogP contribution is -2.46. The predicted octanol–water partition coefficient (Wildman–Crippen LogP) is 7.10. The van der Waals surface area contributed by atoms with Crippen molar-refractivity contribution in [1.29, 1.82) is 0 Å². The van der Waals surface area contributed by atoms with Gasteiger partial charge in [0.1, 0.15) is 4.33 Å². The van der Waals surface area contributed by atoms with E-state index in [-0.39, 0.29) is 10.7 Å². The number of benzene rings is 2. The first-order valence-electron chi connectivity index (χ1n) is 9.21. The molecule has 2 amide bonds. The van der Waals surface area contributed by atoms with Gasteiger partial charge in [-0.3, -0.25) is 9.59 Å². The van der Waals surface area contributed by atoms with Gasteiger partial charge in [-0.05, 0) is 42.0 Å². The van der Waals surface area contributed by atoms with Gasteiger partial charge in [0, 0.05) is 21.7 Å².